The van der Waals surface area contributed by atoms with Crippen molar-refractivity contribution in [1.29, 1.82) is 0 Å². The molecule has 0 aromatic carbocycles. The van der Waals surface area contributed by atoms with E-state index in [4.69, 9.17) is 0 Å². The molecule has 1 aromatic rings. The molecule has 19 heavy (non-hydrogen) atoms. The first-order valence-corrected chi connectivity index (χ1v) is 8.27. The van der Waals surface area contributed by atoms with Crippen LogP contribution in [0.5, 0.6) is 0 Å². The molecule has 2 N–H and O–H groups in total. The highest BCUT2D eigenvalue weighted by Crippen LogP contribution is 2.28. The quantitative estimate of drug-likeness (QED) is 0.859. The van der Waals surface area contributed by atoms with Gasteiger partial charge in [-0.2, -0.15) is 4.31 Å². The second-order valence-electron chi connectivity index (χ2n) is 5.42. The van der Waals surface area contributed by atoms with E-state index in [-0.39, 0.29) is 0 Å². The molecule has 1 aliphatic rings. The molecule has 1 aliphatic heterocycles. The van der Waals surface area contributed by atoms with Crippen molar-refractivity contribution in [2.45, 2.75) is 32.2 Å². The Bertz CT molecular complexity index is 514. The molecule has 0 bridgehead atoms. The van der Waals surface area contributed by atoms with Gasteiger partial charge in [-0.05, 0) is 24.4 Å². The fraction of sp³-hybridized carbons (Fsp3) is 0.692. The van der Waals surface area contributed by atoms with E-state index in [1.165, 1.54) is 0 Å². The van der Waals surface area contributed by atoms with Gasteiger partial charge in [-0.3, -0.25) is 0 Å². The summed E-state index contributed by atoms with van der Waals surface area (Å²) in [6.07, 6.45) is 1.59. The number of H-pyrrole nitrogens is 1. The van der Waals surface area contributed by atoms with Gasteiger partial charge in [0.15, 0.2) is 0 Å². The zero-order chi connectivity index (χ0) is 14.0. The maximum atomic E-state index is 12.5. The molecule has 108 valence electrons. The van der Waals surface area contributed by atoms with Crippen molar-refractivity contribution in [2.75, 3.05) is 19.6 Å². The molecular weight excluding hydrogens is 262 g/mol. The SMILES string of the molecule is CCNCc1cc(S(=O)(=O)N2CC(C)C(C)C2)c[nH]1. The van der Waals surface area contributed by atoms with Crippen LogP contribution in [0, 0.1) is 11.8 Å². The highest BCUT2D eigenvalue weighted by atomic mass is 32.2. The predicted molar refractivity (Wildman–Crippen MR) is 75.3 cm³/mol. The minimum atomic E-state index is -3.33. The van der Waals surface area contributed by atoms with Gasteiger partial charge in [-0.15, -0.1) is 0 Å². The zero-order valence-corrected chi connectivity index (χ0v) is 12.6. The van der Waals surface area contributed by atoms with Gasteiger partial charge >= 0.3 is 0 Å². The van der Waals surface area contributed by atoms with Crippen LogP contribution in [-0.4, -0.2) is 37.3 Å². The lowest BCUT2D eigenvalue weighted by Gasteiger charge is -2.14. The lowest BCUT2D eigenvalue weighted by molar-refractivity contribution is 0.463. The van der Waals surface area contributed by atoms with E-state index < -0.39 is 10.0 Å². The molecule has 1 aromatic heterocycles. The molecule has 0 aliphatic carbocycles. The number of aromatic amines is 1. The second-order valence-corrected chi connectivity index (χ2v) is 7.36. The van der Waals surface area contributed by atoms with Crippen LogP contribution in [0.1, 0.15) is 26.5 Å². The van der Waals surface area contributed by atoms with E-state index in [0.29, 0.717) is 36.4 Å². The maximum absolute atomic E-state index is 12.5. The molecule has 5 nitrogen and oxygen atoms in total. The first kappa shape index (κ1) is 14.6. The Morgan fingerprint density at radius 1 is 1.37 bits per heavy atom. The largest absolute Gasteiger partial charge is 0.363 e. The fourth-order valence-electron chi connectivity index (χ4n) is 2.35. The van der Waals surface area contributed by atoms with Crippen molar-refractivity contribution in [3.8, 4) is 0 Å². The van der Waals surface area contributed by atoms with E-state index in [1.54, 1.807) is 16.6 Å². The molecule has 0 amide bonds. The van der Waals surface area contributed by atoms with Crippen LogP contribution in [0.4, 0.5) is 0 Å². The molecule has 0 radical (unpaired) electrons. The summed E-state index contributed by atoms with van der Waals surface area (Å²) in [5.74, 6) is 0.852. The van der Waals surface area contributed by atoms with Crippen molar-refractivity contribution in [2.24, 2.45) is 11.8 Å². The number of aromatic nitrogens is 1. The molecule has 2 unspecified atom stereocenters. The second kappa shape index (κ2) is 5.64. The molecule has 0 saturated carbocycles. The van der Waals surface area contributed by atoms with E-state index >= 15 is 0 Å². The van der Waals surface area contributed by atoms with Crippen LogP contribution < -0.4 is 5.32 Å². The molecule has 1 fully saturated rings. The summed E-state index contributed by atoms with van der Waals surface area (Å²) in [5, 5.41) is 3.17. The third-order valence-corrected chi connectivity index (χ3v) is 5.68. The lowest BCUT2D eigenvalue weighted by Crippen LogP contribution is -2.28. The Kier molecular flexibility index (Phi) is 4.32. The van der Waals surface area contributed by atoms with Crippen LogP contribution in [-0.2, 0) is 16.6 Å². The molecule has 1 saturated heterocycles. The van der Waals surface area contributed by atoms with Gasteiger partial charge in [-0.25, -0.2) is 8.42 Å². The average Bonchev–Trinajstić information content (AvgIpc) is 2.95. The summed E-state index contributed by atoms with van der Waals surface area (Å²) < 4.78 is 26.6. The molecule has 6 heteroatoms. The number of nitrogens with one attached hydrogen (secondary N) is 2. The maximum Gasteiger partial charge on any atom is 0.244 e. The van der Waals surface area contributed by atoms with Gasteiger partial charge in [0.1, 0.15) is 0 Å². The molecule has 2 heterocycles. The highest BCUT2D eigenvalue weighted by molar-refractivity contribution is 7.89. The first-order valence-electron chi connectivity index (χ1n) is 6.83. The topological polar surface area (TPSA) is 65.2 Å². The van der Waals surface area contributed by atoms with Gasteiger partial charge in [0.2, 0.25) is 10.0 Å². The summed E-state index contributed by atoms with van der Waals surface area (Å²) in [4.78, 5) is 3.40. The van der Waals surface area contributed by atoms with Gasteiger partial charge < -0.3 is 10.3 Å². The Hall–Kier alpha value is -0.850. The van der Waals surface area contributed by atoms with Gasteiger partial charge in [0, 0.05) is 31.5 Å². The number of rotatable bonds is 5. The van der Waals surface area contributed by atoms with Crippen LogP contribution in [0.3, 0.4) is 0 Å². The Labute approximate surface area is 115 Å². The monoisotopic (exact) mass is 285 g/mol. The van der Waals surface area contributed by atoms with Crippen LogP contribution in [0.15, 0.2) is 17.2 Å². The minimum absolute atomic E-state index is 0.377. The predicted octanol–water partition coefficient (Wildman–Crippen LogP) is 1.40. The normalized spacial score (nSPS) is 25.0. The first-order chi connectivity index (χ1) is 8.95. The van der Waals surface area contributed by atoms with E-state index in [2.05, 4.69) is 24.1 Å². The average molecular weight is 285 g/mol. The van der Waals surface area contributed by atoms with Crippen molar-refractivity contribution in [1.82, 2.24) is 14.6 Å². The van der Waals surface area contributed by atoms with Crippen molar-refractivity contribution < 1.29 is 8.42 Å². The minimum Gasteiger partial charge on any atom is -0.363 e. The Morgan fingerprint density at radius 2 is 2.00 bits per heavy atom. The summed E-state index contributed by atoms with van der Waals surface area (Å²) >= 11 is 0. The Balaban J connectivity index is 2.14. The summed E-state index contributed by atoms with van der Waals surface area (Å²) in [7, 11) is -3.33. The zero-order valence-electron chi connectivity index (χ0n) is 11.8. The van der Waals surface area contributed by atoms with Gasteiger partial charge in [0.05, 0.1) is 4.90 Å². The van der Waals surface area contributed by atoms with Crippen molar-refractivity contribution >= 4 is 10.0 Å². The summed E-state index contributed by atoms with van der Waals surface area (Å²) in [6, 6.07) is 1.73. The van der Waals surface area contributed by atoms with E-state index in [9.17, 15) is 8.42 Å². The number of sulfonamides is 1. The third kappa shape index (κ3) is 3.01. The van der Waals surface area contributed by atoms with Crippen LogP contribution >= 0.6 is 0 Å². The van der Waals surface area contributed by atoms with Gasteiger partial charge in [0.25, 0.3) is 0 Å². The standard InChI is InChI=1S/C13H23N3O2S/c1-4-14-6-12-5-13(7-15-12)19(17,18)16-8-10(2)11(3)9-16/h5,7,10-11,14-15H,4,6,8-9H2,1-3H3. The number of nitrogens with zero attached hydrogens (tertiary/aromatic N) is 1. The van der Waals surface area contributed by atoms with Crippen molar-refractivity contribution in [3.05, 3.63) is 18.0 Å². The van der Waals surface area contributed by atoms with Gasteiger partial charge in [-0.1, -0.05) is 20.8 Å². The lowest BCUT2D eigenvalue weighted by atomic mass is 10.0. The smallest absolute Gasteiger partial charge is 0.244 e. The van der Waals surface area contributed by atoms with E-state index in [0.717, 1.165) is 12.2 Å². The summed E-state index contributed by atoms with van der Waals surface area (Å²) in [6.45, 7) is 9.00. The van der Waals surface area contributed by atoms with Crippen LogP contribution in [0.25, 0.3) is 0 Å². The number of hydrogen-bond acceptors (Lipinski definition) is 3. The summed E-state index contributed by atoms with van der Waals surface area (Å²) in [5.41, 5.74) is 0.903. The van der Waals surface area contributed by atoms with Crippen molar-refractivity contribution in [3.63, 3.8) is 0 Å². The van der Waals surface area contributed by atoms with E-state index in [1.807, 2.05) is 6.92 Å². The molecule has 2 atom stereocenters. The molecule has 0 spiro atoms. The highest BCUT2D eigenvalue weighted by Gasteiger charge is 2.35. The van der Waals surface area contributed by atoms with Crippen LogP contribution in [0.2, 0.25) is 0 Å². The molecular formula is C13H23N3O2S. The fourth-order valence-corrected chi connectivity index (χ4v) is 4.01. The number of hydrogen-bond donors (Lipinski definition) is 2. The third-order valence-electron chi connectivity index (χ3n) is 3.87. The molecule has 2 rings (SSSR count). The Morgan fingerprint density at radius 3 is 2.58 bits per heavy atom.